The molecule has 7 nitrogen and oxygen atoms in total. The van der Waals surface area contributed by atoms with Gasteiger partial charge in [0.05, 0.1) is 25.5 Å². The molecule has 1 heterocycles. The van der Waals surface area contributed by atoms with Crippen LogP contribution < -0.4 is 15.5 Å². The maximum atomic E-state index is 11.6. The van der Waals surface area contributed by atoms with Crippen molar-refractivity contribution in [2.75, 3.05) is 51.1 Å². The molecule has 1 amide bonds. The number of hydrogen-bond donors (Lipinski definition) is 2. The lowest BCUT2D eigenvalue weighted by Crippen LogP contribution is -2.37. The van der Waals surface area contributed by atoms with Gasteiger partial charge in [-0.25, -0.2) is 4.98 Å². The minimum atomic E-state index is -0.0776. The first-order valence-corrected chi connectivity index (χ1v) is 5.64. The van der Waals surface area contributed by atoms with E-state index in [0.717, 1.165) is 0 Å². The van der Waals surface area contributed by atoms with Crippen LogP contribution in [0.25, 0.3) is 0 Å². The molecule has 1 aromatic heterocycles. The van der Waals surface area contributed by atoms with Crippen molar-refractivity contribution in [3.8, 4) is 0 Å². The van der Waals surface area contributed by atoms with Gasteiger partial charge in [0.2, 0.25) is 5.91 Å². The molecule has 2 N–H and O–H groups in total. The van der Waals surface area contributed by atoms with Gasteiger partial charge in [0.15, 0.2) is 0 Å². The van der Waals surface area contributed by atoms with E-state index in [1.165, 1.54) is 0 Å². The van der Waals surface area contributed by atoms with Crippen LogP contribution in [-0.4, -0.2) is 56.8 Å². The molecule has 0 spiro atoms. The monoisotopic (exact) mass is 253 g/mol. The molecule has 0 saturated heterocycles. The number of amides is 1. The normalized spacial score (nSPS) is 9.94. The van der Waals surface area contributed by atoms with Gasteiger partial charge in [0.1, 0.15) is 11.6 Å². The second-order valence-electron chi connectivity index (χ2n) is 3.71. The van der Waals surface area contributed by atoms with Crippen LogP contribution in [0, 0.1) is 0 Å². The quantitative estimate of drug-likeness (QED) is 0.650. The fraction of sp³-hybridized carbons (Fsp3) is 0.545. The van der Waals surface area contributed by atoms with Gasteiger partial charge in [-0.15, -0.1) is 0 Å². The molecular formula is C11H19N5O2. The second kappa shape index (κ2) is 7.44. The Hall–Kier alpha value is -1.89. The largest absolute Gasteiger partial charge is 0.383 e. The van der Waals surface area contributed by atoms with Crippen molar-refractivity contribution in [1.29, 1.82) is 0 Å². The summed E-state index contributed by atoms with van der Waals surface area (Å²) < 4.78 is 4.85. The predicted octanol–water partition coefficient (Wildman–Crippen LogP) is -0.283. The SMILES string of the molecule is CNc1cncc(N(C)CC(=O)NCCOC)n1. The minimum Gasteiger partial charge on any atom is -0.383 e. The van der Waals surface area contributed by atoms with Crippen LogP contribution >= 0.6 is 0 Å². The summed E-state index contributed by atoms with van der Waals surface area (Å²) in [4.78, 5) is 21.6. The van der Waals surface area contributed by atoms with Crippen LogP contribution in [0.1, 0.15) is 0 Å². The number of carbonyl (C=O) groups is 1. The van der Waals surface area contributed by atoms with Crippen LogP contribution in [0.3, 0.4) is 0 Å². The predicted molar refractivity (Wildman–Crippen MR) is 69.7 cm³/mol. The molecule has 1 rings (SSSR count). The van der Waals surface area contributed by atoms with E-state index in [9.17, 15) is 4.79 Å². The van der Waals surface area contributed by atoms with Crippen LogP contribution in [0.4, 0.5) is 11.6 Å². The molecule has 0 atom stereocenters. The number of nitrogens with zero attached hydrogens (tertiary/aromatic N) is 3. The van der Waals surface area contributed by atoms with E-state index in [4.69, 9.17) is 4.74 Å². The van der Waals surface area contributed by atoms with Gasteiger partial charge in [-0.2, -0.15) is 0 Å². The molecule has 100 valence electrons. The van der Waals surface area contributed by atoms with Gasteiger partial charge in [-0.05, 0) is 0 Å². The highest BCUT2D eigenvalue weighted by Crippen LogP contribution is 2.09. The number of aromatic nitrogens is 2. The third-order valence-electron chi connectivity index (χ3n) is 2.28. The zero-order chi connectivity index (χ0) is 13.4. The lowest BCUT2D eigenvalue weighted by molar-refractivity contribution is -0.119. The average molecular weight is 253 g/mol. The van der Waals surface area contributed by atoms with Crippen LogP contribution in [0.5, 0.6) is 0 Å². The highest BCUT2D eigenvalue weighted by atomic mass is 16.5. The summed E-state index contributed by atoms with van der Waals surface area (Å²) >= 11 is 0. The minimum absolute atomic E-state index is 0.0776. The number of carbonyl (C=O) groups excluding carboxylic acids is 1. The zero-order valence-electron chi connectivity index (χ0n) is 10.9. The number of methoxy groups -OCH3 is 1. The van der Waals surface area contributed by atoms with E-state index >= 15 is 0 Å². The zero-order valence-corrected chi connectivity index (χ0v) is 10.9. The molecule has 0 unspecified atom stereocenters. The number of hydrogen-bond acceptors (Lipinski definition) is 6. The molecule has 0 aliphatic carbocycles. The van der Waals surface area contributed by atoms with E-state index in [1.807, 2.05) is 0 Å². The molecule has 0 aromatic carbocycles. The van der Waals surface area contributed by atoms with Crippen molar-refractivity contribution >= 4 is 17.5 Å². The van der Waals surface area contributed by atoms with Gasteiger partial charge in [-0.3, -0.25) is 9.78 Å². The number of nitrogens with one attached hydrogen (secondary N) is 2. The summed E-state index contributed by atoms with van der Waals surface area (Å²) in [6.45, 7) is 1.24. The first-order valence-electron chi connectivity index (χ1n) is 5.64. The van der Waals surface area contributed by atoms with Crippen molar-refractivity contribution in [2.24, 2.45) is 0 Å². The highest BCUT2D eigenvalue weighted by Gasteiger charge is 2.08. The Bertz CT molecular complexity index is 385. The third-order valence-corrected chi connectivity index (χ3v) is 2.28. The van der Waals surface area contributed by atoms with E-state index < -0.39 is 0 Å². The van der Waals surface area contributed by atoms with Crippen molar-refractivity contribution in [3.05, 3.63) is 12.4 Å². The Morgan fingerprint density at radius 3 is 2.94 bits per heavy atom. The first-order chi connectivity index (χ1) is 8.67. The van der Waals surface area contributed by atoms with E-state index in [0.29, 0.717) is 24.8 Å². The molecule has 0 fully saturated rings. The standard InChI is InChI=1S/C11H19N5O2/c1-12-9-6-13-7-10(15-9)16(2)8-11(17)14-4-5-18-3/h6-7H,4-5,8H2,1-3H3,(H,12,15)(H,14,17). The molecule has 0 bridgehead atoms. The van der Waals surface area contributed by atoms with Crippen molar-refractivity contribution in [1.82, 2.24) is 15.3 Å². The Kier molecular flexibility index (Phi) is 5.86. The van der Waals surface area contributed by atoms with Crippen molar-refractivity contribution < 1.29 is 9.53 Å². The fourth-order valence-electron chi connectivity index (χ4n) is 1.30. The first kappa shape index (κ1) is 14.2. The summed E-state index contributed by atoms with van der Waals surface area (Å²) in [6.07, 6.45) is 3.24. The Balaban J connectivity index is 2.48. The van der Waals surface area contributed by atoms with Crippen molar-refractivity contribution in [3.63, 3.8) is 0 Å². The summed E-state index contributed by atoms with van der Waals surface area (Å²) in [7, 11) is 5.15. The summed E-state index contributed by atoms with van der Waals surface area (Å²) in [5.41, 5.74) is 0. The topological polar surface area (TPSA) is 79.4 Å². The molecule has 18 heavy (non-hydrogen) atoms. The second-order valence-corrected chi connectivity index (χ2v) is 3.71. The maximum Gasteiger partial charge on any atom is 0.239 e. The Morgan fingerprint density at radius 1 is 1.50 bits per heavy atom. The van der Waals surface area contributed by atoms with Gasteiger partial charge in [-0.1, -0.05) is 0 Å². The van der Waals surface area contributed by atoms with E-state index in [1.54, 1.807) is 38.5 Å². The smallest absolute Gasteiger partial charge is 0.239 e. The lowest BCUT2D eigenvalue weighted by Gasteiger charge is -2.17. The van der Waals surface area contributed by atoms with Gasteiger partial charge in [0, 0.05) is 27.7 Å². The number of likely N-dealkylation sites (N-methyl/N-ethyl adjacent to an activating group) is 1. The number of rotatable bonds is 7. The lowest BCUT2D eigenvalue weighted by atomic mass is 10.4. The van der Waals surface area contributed by atoms with Gasteiger partial charge in [0.25, 0.3) is 0 Å². The summed E-state index contributed by atoms with van der Waals surface area (Å²) in [5, 5.41) is 5.64. The highest BCUT2D eigenvalue weighted by molar-refractivity contribution is 5.80. The molecule has 1 aromatic rings. The van der Waals surface area contributed by atoms with Gasteiger partial charge < -0.3 is 20.3 Å². The fourth-order valence-corrected chi connectivity index (χ4v) is 1.30. The molecule has 0 radical (unpaired) electrons. The maximum absolute atomic E-state index is 11.6. The average Bonchev–Trinajstić information content (AvgIpc) is 2.39. The molecule has 7 heteroatoms. The van der Waals surface area contributed by atoms with E-state index in [-0.39, 0.29) is 12.5 Å². The number of anilines is 2. The third kappa shape index (κ3) is 4.54. The van der Waals surface area contributed by atoms with Crippen LogP contribution in [0.15, 0.2) is 12.4 Å². The Morgan fingerprint density at radius 2 is 2.28 bits per heavy atom. The molecule has 0 aliphatic rings. The van der Waals surface area contributed by atoms with E-state index in [2.05, 4.69) is 20.6 Å². The Labute approximate surface area is 107 Å². The molecular weight excluding hydrogens is 234 g/mol. The molecule has 0 aliphatic heterocycles. The van der Waals surface area contributed by atoms with Crippen molar-refractivity contribution in [2.45, 2.75) is 0 Å². The summed E-state index contributed by atoms with van der Waals surface area (Å²) in [5.74, 6) is 1.23. The van der Waals surface area contributed by atoms with Crippen LogP contribution in [0.2, 0.25) is 0 Å². The van der Waals surface area contributed by atoms with Crippen LogP contribution in [-0.2, 0) is 9.53 Å². The molecule has 0 saturated carbocycles. The summed E-state index contributed by atoms with van der Waals surface area (Å²) in [6, 6.07) is 0. The number of ether oxygens (including phenoxy) is 1. The van der Waals surface area contributed by atoms with Gasteiger partial charge >= 0.3 is 0 Å².